The van der Waals surface area contributed by atoms with E-state index >= 15 is 0 Å². The lowest BCUT2D eigenvalue weighted by molar-refractivity contribution is 0.0962. The highest BCUT2D eigenvalue weighted by Gasteiger charge is 2.24. The number of carbonyl (C=O) groups excluding carboxylic acids is 1. The summed E-state index contributed by atoms with van der Waals surface area (Å²) in [7, 11) is 0. The number of nitrogens with zero attached hydrogens (tertiary/aromatic N) is 4. The van der Waals surface area contributed by atoms with Gasteiger partial charge in [0.2, 0.25) is 0 Å². The minimum atomic E-state index is -0.348. The number of amides is 1. The fraction of sp³-hybridized carbons (Fsp3) is 0.185. The van der Waals surface area contributed by atoms with Crippen molar-refractivity contribution in [1.82, 2.24) is 20.3 Å². The summed E-state index contributed by atoms with van der Waals surface area (Å²) in [5, 5.41) is 18.9. The Bertz CT molecular complexity index is 1260. The monoisotopic (exact) mass is 465 g/mol. The Kier molecular flexibility index (Phi) is 7.52. The van der Waals surface area contributed by atoms with Crippen molar-refractivity contribution in [2.75, 3.05) is 4.90 Å². The molecule has 3 heterocycles. The van der Waals surface area contributed by atoms with E-state index in [0.29, 0.717) is 17.4 Å². The summed E-state index contributed by atoms with van der Waals surface area (Å²) in [6.45, 7) is 1.85. The molecular formula is C27H27N7O. The van der Waals surface area contributed by atoms with Gasteiger partial charge in [0.1, 0.15) is 17.3 Å². The molecule has 1 saturated carbocycles. The fourth-order valence-electron chi connectivity index (χ4n) is 3.55. The van der Waals surface area contributed by atoms with Crippen LogP contribution in [0.25, 0.3) is 11.1 Å². The van der Waals surface area contributed by atoms with Crippen LogP contribution in [0.1, 0.15) is 48.3 Å². The van der Waals surface area contributed by atoms with Crippen LogP contribution in [0.2, 0.25) is 0 Å². The SMILES string of the molecule is C/C=C\C(=C/CC(=N)N(C=N)c1ccccn1)NC(=O)c1cc(-c2ccc(C3CC3)nc2)ccn1. The number of pyridine rings is 3. The molecule has 3 N–H and O–H groups in total. The highest BCUT2D eigenvalue weighted by atomic mass is 16.1. The Morgan fingerprint density at radius 3 is 2.63 bits per heavy atom. The number of hydrogen-bond donors (Lipinski definition) is 3. The predicted molar refractivity (Wildman–Crippen MR) is 138 cm³/mol. The van der Waals surface area contributed by atoms with E-state index in [-0.39, 0.29) is 23.9 Å². The van der Waals surface area contributed by atoms with Crippen molar-refractivity contribution < 1.29 is 4.79 Å². The van der Waals surface area contributed by atoms with Crippen LogP contribution < -0.4 is 10.2 Å². The molecule has 0 spiro atoms. The van der Waals surface area contributed by atoms with Crippen LogP contribution in [0.5, 0.6) is 0 Å². The predicted octanol–water partition coefficient (Wildman–Crippen LogP) is 5.09. The normalized spacial score (nSPS) is 13.5. The van der Waals surface area contributed by atoms with Gasteiger partial charge >= 0.3 is 0 Å². The molecule has 0 aromatic carbocycles. The zero-order chi connectivity index (χ0) is 24.6. The van der Waals surface area contributed by atoms with Gasteiger partial charge in [0.15, 0.2) is 0 Å². The van der Waals surface area contributed by atoms with Crippen LogP contribution in [0, 0.1) is 10.8 Å². The van der Waals surface area contributed by atoms with Crippen molar-refractivity contribution in [2.24, 2.45) is 0 Å². The molecule has 1 fully saturated rings. The maximum absolute atomic E-state index is 12.9. The van der Waals surface area contributed by atoms with Crippen molar-refractivity contribution in [1.29, 1.82) is 10.8 Å². The Balaban J connectivity index is 1.45. The minimum Gasteiger partial charge on any atom is -0.321 e. The first kappa shape index (κ1) is 23.7. The van der Waals surface area contributed by atoms with Crippen molar-refractivity contribution in [2.45, 2.75) is 32.1 Å². The second-order valence-corrected chi connectivity index (χ2v) is 8.13. The molecule has 0 atom stereocenters. The van der Waals surface area contributed by atoms with Crippen molar-refractivity contribution >= 4 is 23.9 Å². The first-order valence-electron chi connectivity index (χ1n) is 11.4. The standard InChI is InChI=1S/C27H27N7O/c1-2-5-22(10-12-25(29)34(18-28)26-6-3-4-14-31-26)33-27(35)24-16-20(13-15-30-24)21-9-11-23(32-17-21)19-7-8-19/h2-6,9-11,13-19,28-29H,7-8,12H2,1H3,(H,33,35)/b5-2-,22-10+,28-18?,29-25?. The van der Waals surface area contributed by atoms with Gasteiger partial charge in [0.25, 0.3) is 5.91 Å². The lowest BCUT2D eigenvalue weighted by Gasteiger charge is -2.17. The molecule has 0 saturated heterocycles. The second kappa shape index (κ2) is 11.1. The number of amidine groups is 1. The molecule has 1 aliphatic carbocycles. The van der Waals surface area contributed by atoms with E-state index in [1.807, 2.05) is 25.3 Å². The maximum Gasteiger partial charge on any atom is 0.274 e. The van der Waals surface area contributed by atoms with Crippen molar-refractivity contribution in [3.05, 3.63) is 96.4 Å². The fourth-order valence-corrected chi connectivity index (χ4v) is 3.55. The molecule has 3 aromatic rings. The average molecular weight is 466 g/mol. The lowest BCUT2D eigenvalue weighted by atomic mass is 10.1. The van der Waals surface area contributed by atoms with Crippen LogP contribution in [0.15, 0.2) is 85.0 Å². The smallest absolute Gasteiger partial charge is 0.274 e. The Labute approximate surface area is 204 Å². The van der Waals surface area contributed by atoms with E-state index in [2.05, 4.69) is 26.3 Å². The zero-order valence-electron chi connectivity index (χ0n) is 19.5. The van der Waals surface area contributed by atoms with Gasteiger partial charge in [-0.1, -0.05) is 24.3 Å². The minimum absolute atomic E-state index is 0.150. The summed E-state index contributed by atoms with van der Waals surface area (Å²) in [5.74, 6) is 0.880. The molecular weight excluding hydrogens is 438 g/mol. The summed E-state index contributed by atoms with van der Waals surface area (Å²) in [5.41, 5.74) is 3.75. The first-order valence-corrected chi connectivity index (χ1v) is 11.4. The van der Waals surface area contributed by atoms with Gasteiger partial charge in [0, 0.05) is 47.9 Å². The van der Waals surface area contributed by atoms with Gasteiger partial charge in [-0.25, -0.2) is 4.98 Å². The third-order valence-corrected chi connectivity index (χ3v) is 5.54. The van der Waals surface area contributed by atoms with Crippen LogP contribution in [0.3, 0.4) is 0 Å². The molecule has 0 aliphatic heterocycles. The summed E-state index contributed by atoms with van der Waals surface area (Å²) in [4.78, 5) is 27.3. The molecule has 0 bridgehead atoms. The van der Waals surface area contributed by atoms with Gasteiger partial charge < -0.3 is 5.32 Å². The van der Waals surface area contributed by atoms with E-state index in [0.717, 1.165) is 23.2 Å². The van der Waals surface area contributed by atoms with Gasteiger partial charge in [0.05, 0.1) is 6.34 Å². The molecule has 35 heavy (non-hydrogen) atoms. The molecule has 4 rings (SSSR count). The van der Waals surface area contributed by atoms with E-state index in [4.69, 9.17) is 10.8 Å². The molecule has 176 valence electrons. The maximum atomic E-state index is 12.9. The van der Waals surface area contributed by atoms with E-state index in [1.165, 1.54) is 17.7 Å². The number of allylic oxidation sites excluding steroid dienone is 2. The molecule has 0 unspecified atom stereocenters. The van der Waals surface area contributed by atoms with Crippen LogP contribution in [-0.2, 0) is 0 Å². The topological polar surface area (TPSA) is 119 Å². The van der Waals surface area contributed by atoms with Crippen molar-refractivity contribution in [3.8, 4) is 11.1 Å². The molecule has 8 heteroatoms. The van der Waals surface area contributed by atoms with E-state index < -0.39 is 0 Å². The van der Waals surface area contributed by atoms with Gasteiger partial charge in [-0.2, -0.15) is 0 Å². The Hall–Kier alpha value is -4.46. The number of hydrogen-bond acceptors (Lipinski definition) is 6. The van der Waals surface area contributed by atoms with E-state index in [9.17, 15) is 4.79 Å². The largest absolute Gasteiger partial charge is 0.321 e. The second-order valence-electron chi connectivity index (χ2n) is 8.13. The quantitative estimate of drug-likeness (QED) is 0.231. The highest BCUT2D eigenvalue weighted by Crippen LogP contribution is 2.39. The molecule has 1 aliphatic rings. The van der Waals surface area contributed by atoms with Crippen LogP contribution >= 0.6 is 0 Å². The third-order valence-electron chi connectivity index (χ3n) is 5.54. The molecule has 8 nitrogen and oxygen atoms in total. The van der Waals surface area contributed by atoms with Gasteiger partial charge in [-0.05, 0) is 61.7 Å². The average Bonchev–Trinajstić information content (AvgIpc) is 3.74. The summed E-state index contributed by atoms with van der Waals surface area (Å²) in [6, 6.07) is 13.0. The number of anilines is 1. The highest BCUT2D eigenvalue weighted by molar-refractivity contribution is 6.08. The van der Waals surface area contributed by atoms with Crippen LogP contribution in [0.4, 0.5) is 5.82 Å². The summed E-state index contributed by atoms with van der Waals surface area (Å²) >= 11 is 0. The Morgan fingerprint density at radius 2 is 1.97 bits per heavy atom. The summed E-state index contributed by atoms with van der Waals surface area (Å²) < 4.78 is 0. The molecule has 3 aromatic heterocycles. The van der Waals surface area contributed by atoms with Crippen molar-refractivity contribution in [3.63, 3.8) is 0 Å². The van der Waals surface area contributed by atoms with Gasteiger partial charge in [-0.15, -0.1) is 0 Å². The lowest BCUT2D eigenvalue weighted by Crippen LogP contribution is -2.29. The zero-order valence-corrected chi connectivity index (χ0v) is 19.5. The van der Waals surface area contributed by atoms with E-state index in [1.54, 1.807) is 54.9 Å². The Morgan fingerprint density at radius 1 is 1.11 bits per heavy atom. The number of nitrogens with one attached hydrogen (secondary N) is 3. The number of carbonyl (C=O) groups is 1. The van der Waals surface area contributed by atoms with Gasteiger partial charge in [-0.3, -0.25) is 30.5 Å². The number of rotatable bonds is 9. The third kappa shape index (κ3) is 6.11. The summed E-state index contributed by atoms with van der Waals surface area (Å²) in [6.07, 6.45) is 14.0. The first-order chi connectivity index (χ1) is 17.1. The number of aromatic nitrogens is 3. The van der Waals surface area contributed by atoms with Crippen LogP contribution in [-0.4, -0.2) is 33.0 Å². The molecule has 1 amide bonds. The molecule has 0 radical (unpaired) electrons.